The maximum atomic E-state index is 12.8. The zero-order valence-corrected chi connectivity index (χ0v) is 23.8. The van der Waals surface area contributed by atoms with Crippen molar-refractivity contribution in [1.29, 1.82) is 0 Å². The number of benzene rings is 1. The average molecular weight is 586 g/mol. The van der Waals surface area contributed by atoms with E-state index < -0.39 is 74.5 Å². The summed E-state index contributed by atoms with van der Waals surface area (Å²) in [7, 11) is 0. The Hall–Kier alpha value is -3.64. The van der Waals surface area contributed by atoms with Crippen LogP contribution in [0.1, 0.15) is 89.6 Å². The number of nitro groups is 1. The van der Waals surface area contributed by atoms with Crippen molar-refractivity contribution in [3.05, 3.63) is 39.4 Å². The van der Waals surface area contributed by atoms with Gasteiger partial charge in [-0.1, -0.05) is 0 Å². The number of carbonyl (C=O) groups is 5. The van der Waals surface area contributed by atoms with Gasteiger partial charge < -0.3 is 9.47 Å². The molecule has 0 N–H and O–H groups in total. The molecule has 0 spiro atoms. The number of ketones is 3. The summed E-state index contributed by atoms with van der Waals surface area (Å²) < 4.78 is 48.6. The molecule has 1 aromatic rings. The summed E-state index contributed by atoms with van der Waals surface area (Å²) in [6.07, 6.45) is -2.10. The number of hydrogen-bond donors (Lipinski definition) is 0. The maximum Gasteiger partial charge on any atom is 0.416 e. The first kappa shape index (κ1) is 33.6. The molecule has 2 aliphatic carbocycles. The molecule has 0 aliphatic heterocycles. The fourth-order valence-electron chi connectivity index (χ4n) is 3.61. The van der Waals surface area contributed by atoms with E-state index in [1.165, 1.54) is 20.8 Å². The molecule has 10 nitrogen and oxygen atoms in total. The van der Waals surface area contributed by atoms with Gasteiger partial charge in [-0.2, -0.15) is 13.2 Å². The Labute approximate surface area is 235 Å². The van der Waals surface area contributed by atoms with Crippen molar-refractivity contribution in [2.45, 2.75) is 91.0 Å². The molecule has 0 saturated heterocycles. The summed E-state index contributed by atoms with van der Waals surface area (Å²) in [6.45, 7) is 9.92. The molecule has 0 heterocycles. The zero-order chi connectivity index (χ0) is 31.5. The van der Waals surface area contributed by atoms with E-state index in [1.54, 1.807) is 20.8 Å². The van der Waals surface area contributed by atoms with Crippen LogP contribution in [0.2, 0.25) is 0 Å². The molecule has 0 radical (unpaired) electrons. The first-order valence-corrected chi connectivity index (χ1v) is 13.0. The van der Waals surface area contributed by atoms with Crippen LogP contribution in [0.4, 0.5) is 18.9 Å². The van der Waals surface area contributed by atoms with E-state index in [0.717, 1.165) is 12.8 Å². The standard InChI is InChI=1S/C18H18F3NO6.C10H16O3/c1-17(2,3)28-16(25)13(14(23)9-4-5-9)15(24)11-7-6-10(18(19,20)21)8-12(11)22(26)27;1-10(2,3)13-9(12)6-8(11)7-4-5-7/h6-9,13H,4-5H2,1-3H3;7H,4-6H2,1-3H3. The number of hydrogen-bond acceptors (Lipinski definition) is 9. The molecule has 2 fully saturated rings. The normalized spacial score (nSPS) is 16.0. The first-order chi connectivity index (χ1) is 18.6. The molecule has 0 amide bonds. The van der Waals surface area contributed by atoms with Gasteiger partial charge >= 0.3 is 18.1 Å². The number of esters is 2. The van der Waals surface area contributed by atoms with E-state index in [2.05, 4.69) is 0 Å². The third-order valence-electron chi connectivity index (χ3n) is 5.73. The molecule has 13 heteroatoms. The van der Waals surface area contributed by atoms with Gasteiger partial charge in [-0.15, -0.1) is 0 Å². The van der Waals surface area contributed by atoms with E-state index in [1.807, 2.05) is 0 Å². The Kier molecular flexibility index (Phi) is 10.2. The van der Waals surface area contributed by atoms with Crippen LogP contribution < -0.4 is 0 Å². The maximum absolute atomic E-state index is 12.8. The van der Waals surface area contributed by atoms with Crippen LogP contribution in [0.3, 0.4) is 0 Å². The minimum atomic E-state index is -4.86. The molecule has 226 valence electrons. The molecule has 0 bridgehead atoms. The molecule has 0 aromatic heterocycles. The van der Waals surface area contributed by atoms with E-state index in [4.69, 9.17) is 9.47 Å². The Balaban J connectivity index is 0.000000377. The minimum absolute atomic E-state index is 0.0363. The SMILES string of the molecule is CC(C)(C)OC(=O)C(C(=O)c1ccc(C(F)(F)F)cc1[N+](=O)[O-])C(=O)C1CC1.CC(C)(C)OC(=O)CC(=O)C1CC1. The largest absolute Gasteiger partial charge is 0.460 e. The van der Waals surface area contributed by atoms with E-state index in [0.29, 0.717) is 25.0 Å². The highest BCUT2D eigenvalue weighted by molar-refractivity contribution is 6.24. The third-order valence-corrected chi connectivity index (χ3v) is 5.73. The number of nitrogens with zero attached hydrogens (tertiary/aromatic N) is 1. The van der Waals surface area contributed by atoms with Crippen LogP contribution in [0, 0.1) is 27.9 Å². The fourth-order valence-corrected chi connectivity index (χ4v) is 3.61. The Morgan fingerprint density at radius 1 is 0.902 bits per heavy atom. The van der Waals surface area contributed by atoms with Gasteiger partial charge in [-0.3, -0.25) is 34.1 Å². The predicted molar refractivity (Wildman–Crippen MR) is 138 cm³/mol. The second-order valence-electron chi connectivity index (χ2n) is 12.0. The Morgan fingerprint density at radius 3 is 1.83 bits per heavy atom. The van der Waals surface area contributed by atoms with Crippen LogP contribution >= 0.6 is 0 Å². The molecule has 2 aliphatic rings. The molecule has 1 unspecified atom stereocenters. The van der Waals surface area contributed by atoms with E-state index >= 15 is 0 Å². The van der Waals surface area contributed by atoms with Crippen LogP contribution in [-0.4, -0.2) is 45.4 Å². The topological polar surface area (TPSA) is 147 Å². The number of nitro benzene ring substituents is 1. The number of alkyl halides is 3. The van der Waals surface area contributed by atoms with Crippen LogP contribution in [0.15, 0.2) is 18.2 Å². The van der Waals surface area contributed by atoms with Crippen LogP contribution in [0.5, 0.6) is 0 Å². The van der Waals surface area contributed by atoms with E-state index in [-0.39, 0.29) is 24.2 Å². The second kappa shape index (κ2) is 12.5. The van der Waals surface area contributed by atoms with Crippen molar-refractivity contribution < 1.29 is 51.5 Å². The number of ether oxygens (including phenoxy) is 2. The van der Waals surface area contributed by atoms with Crippen molar-refractivity contribution in [3.63, 3.8) is 0 Å². The number of Topliss-reactive ketones (excluding diaryl/α,β-unsaturated/α-hetero) is 3. The average Bonchev–Trinajstić information content (AvgIpc) is 3.68. The molecule has 41 heavy (non-hydrogen) atoms. The molecular weight excluding hydrogens is 551 g/mol. The highest BCUT2D eigenvalue weighted by Gasteiger charge is 2.46. The Morgan fingerprint density at radius 2 is 1.41 bits per heavy atom. The summed E-state index contributed by atoms with van der Waals surface area (Å²) in [5.74, 6) is -5.88. The quantitative estimate of drug-likeness (QED) is 0.122. The van der Waals surface area contributed by atoms with Gasteiger partial charge in [0.2, 0.25) is 0 Å². The van der Waals surface area contributed by atoms with Gasteiger partial charge in [-0.05, 0) is 79.4 Å². The van der Waals surface area contributed by atoms with Gasteiger partial charge in [0.25, 0.3) is 5.69 Å². The zero-order valence-electron chi connectivity index (χ0n) is 23.8. The van der Waals surface area contributed by atoms with Gasteiger partial charge in [0, 0.05) is 17.9 Å². The summed E-state index contributed by atoms with van der Waals surface area (Å²) in [6, 6.07) is 1.32. The van der Waals surface area contributed by atoms with Gasteiger partial charge in [0.15, 0.2) is 17.5 Å². The lowest BCUT2D eigenvalue weighted by molar-refractivity contribution is -0.385. The highest BCUT2D eigenvalue weighted by Crippen LogP contribution is 2.37. The van der Waals surface area contributed by atoms with Crippen LogP contribution in [-0.2, 0) is 34.8 Å². The highest BCUT2D eigenvalue weighted by atomic mass is 19.4. The fraction of sp³-hybridized carbons (Fsp3) is 0.607. The number of carbonyl (C=O) groups excluding carboxylic acids is 5. The monoisotopic (exact) mass is 585 g/mol. The lowest BCUT2D eigenvalue weighted by Crippen LogP contribution is -2.38. The lowest BCUT2D eigenvalue weighted by atomic mass is 9.89. The van der Waals surface area contributed by atoms with Crippen molar-refractivity contribution in [1.82, 2.24) is 0 Å². The van der Waals surface area contributed by atoms with Gasteiger partial charge in [0.1, 0.15) is 23.4 Å². The van der Waals surface area contributed by atoms with Gasteiger partial charge in [-0.25, -0.2) is 0 Å². The second-order valence-corrected chi connectivity index (χ2v) is 12.0. The molecule has 3 rings (SSSR count). The van der Waals surface area contributed by atoms with Gasteiger partial charge in [0.05, 0.1) is 16.1 Å². The molecule has 1 atom stereocenters. The summed E-state index contributed by atoms with van der Waals surface area (Å²) >= 11 is 0. The Bertz CT molecular complexity index is 1220. The molecule has 2 saturated carbocycles. The lowest BCUT2D eigenvalue weighted by Gasteiger charge is -2.23. The van der Waals surface area contributed by atoms with Crippen molar-refractivity contribution in [2.24, 2.45) is 17.8 Å². The van der Waals surface area contributed by atoms with Crippen molar-refractivity contribution in [2.75, 3.05) is 0 Å². The minimum Gasteiger partial charge on any atom is -0.460 e. The van der Waals surface area contributed by atoms with Crippen molar-refractivity contribution >= 4 is 35.0 Å². The van der Waals surface area contributed by atoms with Crippen LogP contribution in [0.25, 0.3) is 0 Å². The smallest absolute Gasteiger partial charge is 0.416 e. The number of rotatable bonds is 9. The summed E-state index contributed by atoms with van der Waals surface area (Å²) in [5.41, 5.74) is -4.72. The summed E-state index contributed by atoms with van der Waals surface area (Å²) in [5, 5.41) is 11.2. The first-order valence-electron chi connectivity index (χ1n) is 13.0. The summed E-state index contributed by atoms with van der Waals surface area (Å²) in [4.78, 5) is 70.2. The van der Waals surface area contributed by atoms with Crippen molar-refractivity contribution in [3.8, 4) is 0 Å². The number of halogens is 3. The molecule has 1 aromatic carbocycles. The van der Waals surface area contributed by atoms with E-state index in [9.17, 15) is 47.3 Å². The third kappa shape index (κ3) is 10.7. The predicted octanol–water partition coefficient (Wildman–Crippen LogP) is 5.43. The molecular formula is C28H34F3NO9.